The van der Waals surface area contributed by atoms with E-state index in [0.717, 1.165) is 24.9 Å². The molecule has 1 nitrogen and oxygen atoms in total. The molecule has 0 radical (unpaired) electrons. The largest absolute Gasteiger partial charge is 0.312 e. The molecule has 1 aliphatic rings. The third kappa shape index (κ3) is 3.88. The number of benzene rings is 1. The first kappa shape index (κ1) is 14.2. The Kier molecular flexibility index (Phi) is 5.35. The molecule has 1 aliphatic carbocycles. The maximum absolute atomic E-state index is 6.00. The SMILES string of the molecule is CC1CCCCC1CNCc1ccc(Cl)c(Cl)c1. The van der Waals surface area contributed by atoms with E-state index in [9.17, 15) is 0 Å². The molecule has 0 aromatic heterocycles. The molecule has 100 valence electrons. The van der Waals surface area contributed by atoms with Gasteiger partial charge in [0, 0.05) is 6.54 Å². The van der Waals surface area contributed by atoms with Crippen molar-refractivity contribution in [2.75, 3.05) is 6.54 Å². The van der Waals surface area contributed by atoms with Crippen LogP contribution in [0.15, 0.2) is 18.2 Å². The van der Waals surface area contributed by atoms with E-state index in [0.29, 0.717) is 10.0 Å². The number of rotatable bonds is 4. The normalized spacial score (nSPS) is 24.2. The van der Waals surface area contributed by atoms with Gasteiger partial charge in [0.2, 0.25) is 0 Å². The molecule has 18 heavy (non-hydrogen) atoms. The fourth-order valence-corrected chi connectivity index (χ4v) is 3.07. The lowest BCUT2D eigenvalue weighted by atomic mass is 9.80. The van der Waals surface area contributed by atoms with Crippen molar-refractivity contribution in [2.24, 2.45) is 11.8 Å². The molecule has 1 saturated carbocycles. The summed E-state index contributed by atoms with van der Waals surface area (Å²) in [4.78, 5) is 0. The molecule has 2 rings (SSSR count). The molecular formula is C15H21Cl2N. The molecule has 0 saturated heterocycles. The molecular weight excluding hydrogens is 265 g/mol. The van der Waals surface area contributed by atoms with E-state index in [1.165, 1.54) is 31.2 Å². The first-order chi connectivity index (χ1) is 8.66. The van der Waals surface area contributed by atoms with Crippen molar-refractivity contribution >= 4 is 23.2 Å². The highest BCUT2D eigenvalue weighted by Crippen LogP contribution is 2.29. The van der Waals surface area contributed by atoms with Gasteiger partial charge in [-0.2, -0.15) is 0 Å². The number of halogens is 2. The summed E-state index contributed by atoms with van der Waals surface area (Å²) in [5.74, 6) is 1.70. The van der Waals surface area contributed by atoms with Gasteiger partial charge in [0.1, 0.15) is 0 Å². The molecule has 0 amide bonds. The van der Waals surface area contributed by atoms with Gasteiger partial charge < -0.3 is 5.32 Å². The lowest BCUT2D eigenvalue weighted by Crippen LogP contribution is -2.29. The van der Waals surface area contributed by atoms with Crippen molar-refractivity contribution in [3.8, 4) is 0 Å². The van der Waals surface area contributed by atoms with E-state index in [4.69, 9.17) is 23.2 Å². The summed E-state index contributed by atoms with van der Waals surface area (Å²) < 4.78 is 0. The molecule has 0 aliphatic heterocycles. The van der Waals surface area contributed by atoms with Gasteiger partial charge in [0.25, 0.3) is 0 Å². The number of nitrogens with one attached hydrogen (secondary N) is 1. The maximum Gasteiger partial charge on any atom is 0.0595 e. The number of hydrogen-bond donors (Lipinski definition) is 1. The van der Waals surface area contributed by atoms with Crippen LogP contribution in [0, 0.1) is 11.8 Å². The van der Waals surface area contributed by atoms with E-state index >= 15 is 0 Å². The third-order valence-electron chi connectivity index (χ3n) is 4.01. The summed E-state index contributed by atoms with van der Waals surface area (Å²) in [7, 11) is 0. The van der Waals surface area contributed by atoms with Crippen LogP contribution >= 0.6 is 23.2 Å². The smallest absolute Gasteiger partial charge is 0.0595 e. The fraction of sp³-hybridized carbons (Fsp3) is 0.600. The van der Waals surface area contributed by atoms with Crippen LogP contribution in [0.25, 0.3) is 0 Å². The van der Waals surface area contributed by atoms with Crippen molar-refractivity contribution in [2.45, 2.75) is 39.2 Å². The van der Waals surface area contributed by atoms with Gasteiger partial charge in [0.15, 0.2) is 0 Å². The van der Waals surface area contributed by atoms with Gasteiger partial charge in [0.05, 0.1) is 10.0 Å². The lowest BCUT2D eigenvalue weighted by molar-refractivity contribution is 0.247. The Bertz CT molecular complexity index is 392. The zero-order valence-electron chi connectivity index (χ0n) is 10.9. The highest BCUT2D eigenvalue weighted by molar-refractivity contribution is 6.42. The van der Waals surface area contributed by atoms with Crippen molar-refractivity contribution in [3.05, 3.63) is 33.8 Å². The van der Waals surface area contributed by atoms with E-state index in [2.05, 4.69) is 12.2 Å². The van der Waals surface area contributed by atoms with Crippen LogP contribution in [0.4, 0.5) is 0 Å². The molecule has 1 aromatic rings. The first-order valence-corrected chi connectivity index (χ1v) is 7.57. The van der Waals surface area contributed by atoms with E-state index in [-0.39, 0.29) is 0 Å². The molecule has 3 heteroatoms. The molecule has 1 N–H and O–H groups in total. The summed E-state index contributed by atoms with van der Waals surface area (Å²) in [5.41, 5.74) is 1.20. The Morgan fingerprint density at radius 2 is 1.94 bits per heavy atom. The minimum absolute atomic E-state index is 0.626. The maximum atomic E-state index is 6.00. The van der Waals surface area contributed by atoms with Gasteiger partial charge in [-0.1, -0.05) is 55.5 Å². The zero-order valence-corrected chi connectivity index (χ0v) is 12.4. The Balaban J connectivity index is 1.79. The van der Waals surface area contributed by atoms with Crippen LogP contribution in [-0.4, -0.2) is 6.54 Å². The second-order valence-corrected chi connectivity index (χ2v) is 6.22. The molecule has 0 heterocycles. The highest BCUT2D eigenvalue weighted by Gasteiger charge is 2.20. The summed E-state index contributed by atoms with van der Waals surface area (Å²) >= 11 is 11.9. The van der Waals surface area contributed by atoms with Gasteiger partial charge in [-0.3, -0.25) is 0 Å². The average Bonchev–Trinajstić information content (AvgIpc) is 2.36. The van der Waals surface area contributed by atoms with Crippen molar-refractivity contribution < 1.29 is 0 Å². The van der Waals surface area contributed by atoms with Crippen molar-refractivity contribution in [1.82, 2.24) is 5.32 Å². The fourth-order valence-electron chi connectivity index (χ4n) is 2.75. The van der Waals surface area contributed by atoms with Crippen molar-refractivity contribution in [3.63, 3.8) is 0 Å². The Hall–Kier alpha value is -0.240. The van der Waals surface area contributed by atoms with Gasteiger partial charge in [-0.25, -0.2) is 0 Å². The molecule has 2 unspecified atom stereocenters. The first-order valence-electron chi connectivity index (χ1n) is 6.81. The van der Waals surface area contributed by atoms with E-state index in [1.807, 2.05) is 18.2 Å². The Labute approximate surface area is 120 Å². The standard InChI is InChI=1S/C15H21Cl2N/c1-11-4-2-3-5-13(11)10-18-9-12-6-7-14(16)15(17)8-12/h6-8,11,13,18H,2-5,9-10H2,1H3. The Morgan fingerprint density at radius 3 is 2.67 bits per heavy atom. The molecule has 2 atom stereocenters. The average molecular weight is 286 g/mol. The summed E-state index contributed by atoms with van der Waals surface area (Å²) in [6, 6.07) is 5.84. The van der Waals surface area contributed by atoms with Crippen LogP contribution in [0.2, 0.25) is 10.0 Å². The van der Waals surface area contributed by atoms with E-state index in [1.54, 1.807) is 0 Å². The summed E-state index contributed by atoms with van der Waals surface area (Å²) in [5, 5.41) is 4.81. The second-order valence-electron chi connectivity index (χ2n) is 5.40. The molecule has 0 bridgehead atoms. The molecule has 1 aromatic carbocycles. The molecule has 1 fully saturated rings. The Morgan fingerprint density at radius 1 is 1.17 bits per heavy atom. The van der Waals surface area contributed by atoms with Crippen LogP contribution in [0.1, 0.15) is 38.2 Å². The van der Waals surface area contributed by atoms with Crippen LogP contribution in [0.3, 0.4) is 0 Å². The van der Waals surface area contributed by atoms with Crippen LogP contribution in [-0.2, 0) is 6.54 Å². The summed E-state index contributed by atoms with van der Waals surface area (Å²) in [6.45, 7) is 4.37. The minimum atomic E-state index is 0.626. The minimum Gasteiger partial charge on any atom is -0.312 e. The monoisotopic (exact) mass is 285 g/mol. The summed E-state index contributed by atoms with van der Waals surface area (Å²) in [6.07, 6.45) is 5.56. The van der Waals surface area contributed by atoms with Gasteiger partial charge in [-0.05, 0) is 42.5 Å². The number of hydrogen-bond acceptors (Lipinski definition) is 1. The van der Waals surface area contributed by atoms with Crippen LogP contribution in [0.5, 0.6) is 0 Å². The predicted octanol–water partition coefficient (Wildman–Crippen LogP) is 4.91. The lowest BCUT2D eigenvalue weighted by Gasteiger charge is -2.28. The highest BCUT2D eigenvalue weighted by atomic mass is 35.5. The van der Waals surface area contributed by atoms with Crippen molar-refractivity contribution in [1.29, 1.82) is 0 Å². The second kappa shape index (κ2) is 6.79. The zero-order chi connectivity index (χ0) is 13.0. The van der Waals surface area contributed by atoms with Gasteiger partial charge >= 0.3 is 0 Å². The quantitative estimate of drug-likeness (QED) is 0.829. The van der Waals surface area contributed by atoms with Gasteiger partial charge in [-0.15, -0.1) is 0 Å². The third-order valence-corrected chi connectivity index (χ3v) is 4.75. The van der Waals surface area contributed by atoms with E-state index < -0.39 is 0 Å². The molecule has 0 spiro atoms. The van der Waals surface area contributed by atoms with Crippen LogP contribution < -0.4 is 5.32 Å². The predicted molar refractivity (Wildman–Crippen MR) is 79.3 cm³/mol. The topological polar surface area (TPSA) is 12.0 Å².